The second-order valence-corrected chi connectivity index (χ2v) is 5.22. The fraction of sp³-hybridized carbons (Fsp3) is 0.562. The molecule has 0 aliphatic rings. The van der Waals surface area contributed by atoms with Gasteiger partial charge in [-0.1, -0.05) is 25.1 Å². The van der Waals surface area contributed by atoms with Crippen LogP contribution in [0.25, 0.3) is 10.9 Å². The van der Waals surface area contributed by atoms with Gasteiger partial charge in [0.15, 0.2) is 0 Å². The van der Waals surface area contributed by atoms with Gasteiger partial charge in [-0.25, -0.2) is 0 Å². The highest BCUT2D eigenvalue weighted by Gasteiger charge is 2.14. The van der Waals surface area contributed by atoms with Crippen molar-refractivity contribution in [2.24, 2.45) is 7.05 Å². The van der Waals surface area contributed by atoms with E-state index < -0.39 is 0 Å². The molecule has 0 fully saturated rings. The number of nitrogens with zero attached hydrogens (tertiary/aromatic N) is 2. The van der Waals surface area contributed by atoms with E-state index in [1.54, 1.807) is 7.11 Å². The van der Waals surface area contributed by atoms with E-state index in [0.717, 1.165) is 32.4 Å². The lowest BCUT2D eigenvalue weighted by atomic mass is 10.1. The van der Waals surface area contributed by atoms with Crippen molar-refractivity contribution in [1.29, 1.82) is 0 Å². The lowest BCUT2D eigenvalue weighted by molar-refractivity contribution is 0.182. The van der Waals surface area contributed by atoms with Crippen molar-refractivity contribution < 1.29 is 4.74 Å². The Hall–Kier alpha value is -1.39. The second kappa shape index (κ2) is 7.41. The first-order valence-electron chi connectivity index (χ1n) is 7.39. The van der Waals surface area contributed by atoms with Crippen molar-refractivity contribution in [1.82, 2.24) is 15.1 Å². The molecule has 1 unspecified atom stereocenters. The lowest BCUT2D eigenvalue weighted by Gasteiger charge is -2.17. The minimum atomic E-state index is 0.424. The zero-order valence-electron chi connectivity index (χ0n) is 12.7. The van der Waals surface area contributed by atoms with Gasteiger partial charge in [0.2, 0.25) is 0 Å². The highest BCUT2D eigenvalue weighted by molar-refractivity contribution is 5.81. The molecule has 0 amide bonds. The standard InChI is InChI=1S/C16H25N3O/c1-4-10-17-13(9-11-20-3)12-15-14-7-5-6-8-16(14)19(2)18-15/h5-8,13,17H,4,9-12H2,1-3H3. The van der Waals surface area contributed by atoms with E-state index in [1.807, 2.05) is 11.7 Å². The largest absolute Gasteiger partial charge is 0.385 e. The highest BCUT2D eigenvalue weighted by Crippen LogP contribution is 2.19. The van der Waals surface area contributed by atoms with Crippen molar-refractivity contribution in [2.45, 2.75) is 32.2 Å². The van der Waals surface area contributed by atoms with Gasteiger partial charge >= 0.3 is 0 Å². The van der Waals surface area contributed by atoms with Crippen LogP contribution >= 0.6 is 0 Å². The van der Waals surface area contributed by atoms with E-state index in [9.17, 15) is 0 Å². The summed E-state index contributed by atoms with van der Waals surface area (Å²) in [5, 5.41) is 9.54. The Labute approximate surface area is 121 Å². The first kappa shape index (κ1) is 15.0. The predicted octanol–water partition coefficient (Wildman–Crippen LogP) is 2.52. The molecular formula is C16H25N3O. The fourth-order valence-electron chi connectivity index (χ4n) is 2.56. The molecule has 0 aliphatic heterocycles. The number of aromatic nitrogens is 2. The lowest BCUT2D eigenvalue weighted by Crippen LogP contribution is -2.33. The van der Waals surface area contributed by atoms with E-state index in [-0.39, 0.29) is 0 Å². The monoisotopic (exact) mass is 275 g/mol. The van der Waals surface area contributed by atoms with Crippen LogP contribution in [0.3, 0.4) is 0 Å². The molecule has 0 spiro atoms. The number of benzene rings is 1. The Balaban J connectivity index is 2.14. The summed E-state index contributed by atoms with van der Waals surface area (Å²) in [6.07, 6.45) is 3.11. The molecule has 1 aromatic heterocycles. The Morgan fingerprint density at radius 3 is 2.90 bits per heavy atom. The van der Waals surface area contributed by atoms with Gasteiger partial charge in [0.25, 0.3) is 0 Å². The van der Waals surface area contributed by atoms with Gasteiger partial charge in [-0.05, 0) is 25.5 Å². The predicted molar refractivity (Wildman–Crippen MR) is 83.0 cm³/mol. The molecule has 1 heterocycles. The molecule has 1 aromatic carbocycles. The van der Waals surface area contributed by atoms with Gasteiger partial charge in [0.1, 0.15) is 0 Å². The summed E-state index contributed by atoms with van der Waals surface area (Å²) >= 11 is 0. The molecular weight excluding hydrogens is 250 g/mol. The molecule has 0 aliphatic carbocycles. The number of methoxy groups -OCH3 is 1. The quantitative estimate of drug-likeness (QED) is 0.804. The van der Waals surface area contributed by atoms with Crippen LogP contribution in [0.2, 0.25) is 0 Å². The Morgan fingerprint density at radius 2 is 2.15 bits per heavy atom. The summed E-state index contributed by atoms with van der Waals surface area (Å²) in [6.45, 7) is 4.02. The third kappa shape index (κ3) is 3.58. The fourth-order valence-corrected chi connectivity index (χ4v) is 2.56. The van der Waals surface area contributed by atoms with Crippen LogP contribution in [0.5, 0.6) is 0 Å². The van der Waals surface area contributed by atoms with E-state index in [1.165, 1.54) is 16.6 Å². The number of aryl methyl sites for hydroxylation is 1. The third-order valence-electron chi connectivity index (χ3n) is 3.63. The van der Waals surface area contributed by atoms with Gasteiger partial charge in [0.05, 0.1) is 11.2 Å². The van der Waals surface area contributed by atoms with E-state index in [0.29, 0.717) is 6.04 Å². The van der Waals surface area contributed by atoms with Crippen molar-refractivity contribution >= 4 is 10.9 Å². The summed E-state index contributed by atoms with van der Waals surface area (Å²) < 4.78 is 7.19. The van der Waals surface area contributed by atoms with Gasteiger partial charge in [-0.2, -0.15) is 5.10 Å². The maximum Gasteiger partial charge on any atom is 0.0718 e. The summed E-state index contributed by atoms with van der Waals surface area (Å²) in [7, 11) is 3.77. The topological polar surface area (TPSA) is 39.1 Å². The Morgan fingerprint density at radius 1 is 1.35 bits per heavy atom. The molecule has 1 atom stereocenters. The average molecular weight is 275 g/mol. The van der Waals surface area contributed by atoms with Crippen LogP contribution in [-0.4, -0.2) is 36.1 Å². The molecule has 0 radical (unpaired) electrons. The average Bonchev–Trinajstić information content (AvgIpc) is 2.79. The number of fused-ring (bicyclic) bond motifs is 1. The number of hydrogen-bond acceptors (Lipinski definition) is 3. The van der Waals surface area contributed by atoms with E-state index in [4.69, 9.17) is 4.74 Å². The third-order valence-corrected chi connectivity index (χ3v) is 3.63. The SMILES string of the molecule is CCCNC(CCOC)Cc1nn(C)c2ccccc12. The number of ether oxygens (including phenoxy) is 1. The zero-order chi connectivity index (χ0) is 14.4. The molecule has 2 rings (SSSR count). The number of para-hydroxylation sites is 1. The molecule has 0 saturated carbocycles. The first-order valence-corrected chi connectivity index (χ1v) is 7.39. The molecule has 2 aromatic rings. The highest BCUT2D eigenvalue weighted by atomic mass is 16.5. The first-order chi connectivity index (χ1) is 9.76. The Kier molecular flexibility index (Phi) is 5.56. The van der Waals surface area contributed by atoms with Crippen LogP contribution in [0.1, 0.15) is 25.5 Å². The van der Waals surface area contributed by atoms with Crippen LogP contribution in [0, 0.1) is 0 Å². The van der Waals surface area contributed by atoms with Gasteiger partial charge in [0, 0.05) is 38.6 Å². The normalized spacial score (nSPS) is 12.9. The minimum absolute atomic E-state index is 0.424. The molecule has 0 saturated heterocycles. The summed E-state index contributed by atoms with van der Waals surface area (Å²) in [5.41, 5.74) is 2.37. The summed E-state index contributed by atoms with van der Waals surface area (Å²) in [4.78, 5) is 0. The number of rotatable bonds is 8. The summed E-state index contributed by atoms with van der Waals surface area (Å²) in [6, 6.07) is 8.84. The summed E-state index contributed by atoms with van der Waals surface area (Å²) in [5.74, 6) is 0. The van der Waals surface area contributed by atoms with Crippen molar-refractivity contribution in [2.75, 3.05) is 20.3 Å². The van der Waals surface area contributed by atoms with Crippen molar-refractivity contribution in [3.05, 3.63) is 30.0 Å². The minimum Gasteiger partial charge on any atom is -0.385 e. The number of hydrogen-bond donors (Lipinski definition) is 1. The van der Waals surface area contributed by atoms with Gasteiger partial charge < -0.3 is 10.1 Å². The smallest absolute Gasteiger partial charge is 0.0718 e. The molecule has 1 N–H and O–H groups in total. The van der Waals surface area contributed by atoms with Crippen molar-refractivity contribution in [3.8, 4) is 0 Å². The Bertz CT molecular complexity index is 528. The van der Waals surface area contributed by atoms with Crippen molar-refractivity contribution in [3.63, 3.8) is 0 Å². The molecule has 0 bridgehead atoms. The molecule has 4 nitrogen and oxygen atoms in total. The number of nitrogens with one attached hydrogen (secondary N) is 1. The molecule has 20 heavy (non-hydrogen) atoms. The second-order valence-electron chi connectivity index (χ2n) is 5.22. The van der Waals surface area contributed by atoms with E-state index >= 15 is 0 Å². The maximum atomic E-state index is 5.22. The van der Waals surface area contributed by atoms with Gasteiger partial charge in [-0.15, -0.1) is 0 Å². The van der Waals surface area contributed by atoms with Crippen LogP contribution < -0.4 is 5.32 Å². The molecule has 110 valence electrons. The van der Waals surface area contributed by atoms with E-state index in [2.05, 4.69) is 41.6 Å². The van der Waals surface area contributed by atoms with Gasteiger partial charge in [-0.3, -0.25) is 4.68 Å². The molecule has 4 heteroatoms. The van der Waals surface area contributed by atoms with Crippen LogP contribution in [0.15, 0.2) is 24.3 Å². The van der Waals surface area contributed by atoms with Crippen LogP contribution in [0.4, 0.5) is 0 Å². The zero-order valence-corrected chi connectivity index (χ0v) is 12.7. The maximum absolute atomic E-state index is 5.22. The van der Waals surface area contributed by atoms with Crippen LogP contribution in [-0.2, 0) is 18.2 Å².